The summed E-state index contributed by atoms with van der Waals surface area (Å²) in [6.07, 6.45) is 7.53. The van der Waals surface area contributed by atoms with E-state index in [0.717, 1.165) is 25.9 Å². The van der Waals surface area contributed by atoms with Gasteiger partial charge in [-0.3, -0.25) is 4.90 Å². The molecule has 0 amide bonds. The Labute approximate surface area is 122 Å². The Balaban J connectivity index is 2.01. The lowest BCUT2D eigenvalue weighted by atomic mass is 9.83. The highest BCUT2D eigenvalue weighted by Gasteiger charge is 2.42. The van der Waals surface area contributed by atoms with E-state index in [-0.39, 0.29) is 5.54 Å². The highest BCUT2D eigenvalue weighted by molar-refractivity contribution is 7.07. The van der Waals surface area contributed by atoms with Crippen LogP contribution in [0.25, 0.3) is 0 Å². The van der Waals surface area contributed by atoms with Gasteiger partial charge in [0.05, 0.1) is 0 Å². The van der Waals surface area contributed by atoms with E-state index in [1.54, 1.807) is 11.3 Å². The van der Waals surface area contributed by atoms with E-state index in [9.17, 15) is 0 Å². The Morgan fingerprint density at radius 2 is 2.00 bits per heavy atom. The van der Waals surface area contributed by atoms with Crippen molar-refractivity contribution in [2.24, 2.45) is 5.73 Å². The first-order valence-corrected chi connectivity index (χ1v) is 8.69. The topological polar surface area (TPSA) is 29.3 Å². The van der Waals surface area contributed by atoms with E-state index in [2.05, 4.69) is 35.6 Å². The molecule has 0 aromatic carbocycles. The third-order valence-electron chi connectivity index (χ3n) is 4.88. The van der Waals surface area contributed by atoms with Crippen LogP contribution in [0.1, 0.15) is 51.5 Å². The number of nitrogens with two attached hydrogens (primary N) is 1. The number of hydrogen-bond acceptors (Lipinski definition) is 3. The highest BCUT2D eigenvalue weighted by Crippen LogP contribution is 2.38. The Kier molecular flexibility index (Phi) is 5.43. The van der Waals surface area contributed by atoms with E-state index in [1.165, 1.54) is 31.2 Å². The summed E-state index contributed by atoms with van der Waals surface area (Å²) in [6.45, 7) is 6.80. The normalized spacial score (nSPS) is 20.0. The van der Waals surface area contributed by atoms with E-state index < -0.39 is 0 Å². The van der Waals surface area contributed by atoms with Crippen LogP contribution in [0, 0.1) is 0 Å². The van der Waals surface area contributed by atoms with Gasteiger partial charge in [0, 0.05) is 11.6 Å². The van der Waals surface area contributed by atoms with Gasteiger partial charge in [0.1, 0.15) is 0 Å². The van der Waals surface area contributed by atoms with Crippen LogP contribution in [-0.4, -0.2) is 29.6 Å². The molecule has 1 aromatic rings. The van der Waals surface area contributed by atoms with Gasteiger partial charge in [-0.15, -0.1) is 0 Å². The summed E-state index contributed by atoms with van der Waals surface area (Å²) in [5, 5.41) is 4.42. The van der Waals surface area contributed by atoms with Crippen molar-refractivity contribution >= 4 is 11.3 Å². The Bertz CT molecular complexity index is 351. The maximum Gasteiger partial charge on any atom is 0.0360 e. The Morgan fingerprint density at radius 3 is 2.53 bits per heavy atom. The van der Waals surface area contributed by atoms with E-state index in [4.69, 9.17) is 5.73 Å². The van der Waals surface area contributed by atoms with Crippen molar-refractivity contribution in [1.29, 1.82) is 0 Å². The Morgan fingerprint density at radius 1 is 1.32 bits per heavy atom. The predicted octanol–water partition coefficient (Wildman–Crippen LogP) is 3.66. The lowest BCUT2D eigenvalue weighted by Gasteiger charge is -2.45. The van der Waals surface area contributed by atoms with Gasteiger partial charge in [0.15, 0.2) is 0 Å². The van der Waals surface area contributed by atoms with Gasteiger partial charge >= 0.3 is 0 Å². The quantitative estimate of drug-likeness (QED) is 0.826. The predicted molar refractivity (Wildman–Crippen MR) is 84.7 cm³/mol. The number of thiophene rings is 1. The van der Waals surface area contributed by atoms with E-state index >= 15 is 0 Å². The van der Waals surface area contributed by atoms with E-state index in [1.807, 2.05) is 0 Å². The average Bonchev–Trinajstić information content (AvgIpc) is 3.09. The van der Waals surface area contributed by atoms with Crippen LogP contribution >= 0.6 is 11.3 Å². The smallest absolute Gasteiger partial charge is 0.0360 e. The maximum atomic E-state index is 6.64. The minimum Gasteiger partial charge on any atom is -0.326 e. The molecule has 1 fully saturated rings. The molecular weight excluding hydrogens is 252 g/mol. The molecule has 0 spiro atoms. The fourth-order valence-corrected chi connectivity index (χ4v) is 4.49. The van der Waals surface area contributed by atoms with Crippen molar-refractivity contribution in [3.63, 3.8) is 0 Å². The molecule has 3 heteroatoms. The van der Waals surface area contributed by atoms with Crippen LogP contribution in [0.15, 0.2) is 16.8 Å². The van der Waals surface area contributed by atoms with Gasteiger partial charge in [-0.1, -0.05) is 26.7 Å². The van der Waals surface area contributed by atoms with Crippen molar-refractivity contribution < 1.29 is 0 Å². The molecule has 2 N–H and O–H groups in total. The molecule has 108 valence electrons. The number of nitrogens with zero attached hydrogens (tertiary/aromatic N) is 1. The molecule has 1 heterocycles. The minimum absolute atomic E-state index is 0.277. The maximum absolute atomic E-state index is 6.64. The zero-order valence-corrected chi connectivity index (χ0v) is 13.2. The summed E-state index contributed by atoms with van der Waals surface area (Å²) in [7, 11) is 0. The molecule has 1 unspecified atom stereocenters. The molecular formula is C16H28N2S. The lowest BCUT2D eigenvalue weighted by Crippen LogP contribution is -2.58. The second-order valence-corrected chi connectivity index (χ2v) is 6.54. The molecule has 1 aliphatic rings. The molecule has 1 atom stereocenters. The molecule has 0 aliphatic heterocycles. The third-order valence-corrected chi connectivity index (χ3v) is 5.61. The largest absolute Gasteiger partial charge is 0.326 e. The summed E-state index contributed by atoms with van der Waals surface area (Å²) >= 11 is 1.79. The minimum atomic E-state index is 0.277. The number of rotatable bonds is 7. The fourth-order valence-electron chi connectivity index (χ4n) is 3.79. The first-order chi connectivity index (χ1) is 9.23. The highest BCUT2D eigenvalue weighted by atomic mass is 32.1. The molecule has 1 aliphatic carbocycles. The first kappa shape index (κ1) is 15.0. The third kappa shape index (κ3) is 3.21. The Hall–Kier alpha value is -0.380. The zero-order chi connectivity index (χ0) is 13.7. The first-order valence-electron chi connectivity index (χ1n) is 7.74. The van der Waals surface area contributed by atoms with Crippen LogP contribution in [0.3, 0.4) is 0 Å². The molecule has 0 saturated heterocycles. The van der Waals surface area contributed by atoms with Crippen molar-refractivity contribution in [2.75, 3.05) is 13.1 Å². The average molecular weight is 280 g/mol. The number of likely N-dealkylation sites (N-methyl/N-ethyl adjacent to an activating group) is 1. The molecule has 1 saturated carbocycles. The SMILES string of the molecule is CCN(CC)C1(C(N)CCc2ccsc2)CCCC1. The summed E-state index contributed by atoms with van der Waals surface area (Å²) < 4.78 is 0. The zero-order valence-electron chi connectivity index (χ0n) is 12.4. The molecule has 2 nitrogen and oxygen atoms in total. The van der Waals surface area contributed by atoms with Gasteiger partial charge in [0.2, 0.25) is 0 Å². The van der Waals surface area contributed by atoms with Crippen LogP contribution in [0.4, 0.5) is 0 Å². The molecule has 0 radical (unpaired) electrons. The van der Waals surface area contributed by atoms with Gasteiger partial charge in [0.25, 0.3) is 0 Å². The van der Waals surface area contributed by atoms with Crippen LogP contribution in [-0.2, 0) is 6.42 Å². The van der Waals surface area contributed by atoms with Crippen molar-refractivity contribution in [1.82, 2.24) is 4.90 Å². The number of aryl methyl sites for hydroxylation is 1. The second-order valence-electron chi connectivity index (χ2n) is 5.76. The second kappa shape index (κ2) is 6.87. The monoisotopic (exact) mass is 280 g/mol. The summed E-state index contributed by atoms with van der Waals surface area (Å²) in [6, 6.07) is 2.55. The van der Waals surface area contributed by atoms with E-state index in [0.29, 0.717) is 6.04 Å². The van der Waals surface area contributed by atoms with Gasteiger partial charge in [-0.25, -0.2) is 0 Å². The van der Waals surface area contributed by atoms with Crippen molar-refractivity contribution in [2.45, 2.75) is 64.0 Å². The fraction of sp³-hybridized carbons (Fsp3) is 0.750. The molecule has 19 heavy (non-hydrogen) atoms. The van der Waals surface area contributed by atoms with Crippen molar-refractivity contribution in [3.05, 3.63) is 22.4 Å². The van der Waals surface area contributed by atoms with Crippen molar-refractivity contribution in [3.8, 4) is 0 Å². The molecule has 1 aromatic heterocycles. The van der Waals surface area contributed by atoms with Crippen LogP contribution in [0.5, 0.6) is 0 Å². The van der Waals surface area contributed by atoms with Crippen LogP contribution < -0.4 is 5.73 Å². The number of hydrogen-bond donors (Lipinski definition) is 1. The van der Waals surface area contributed by atoms with Gasteiger partial charge in [-0.2, -0.15) is 11.3 Å². The molecule has 2 rings (SSSR count). The summed E-state index contributed by atoms with van der Waals surface area (Å²) in [5.74, 6) is 0. The molecule has 0 bridgehead atoms. The standard InChI is InChI=1S/C16H28N2S/c1-3-18(4-2)16(10-5-6-11-16)15(17)8-7-14-9-12-19-13-14/h9,12-13,15H,3-8,10-11,17H2,1-2H3. The van der Waals surface area contributed by atoms with Gasteiger partial charge in [-0.05, 0) is 61.2 Å². The van der Waals surface area contributed by atoms with Gasteiger partial charge < -0.3 is 5.73 Å². The summed E-state index contributed by atoms with van der Waals surface area (Å²) in [4.78, 5) is 2.62. The summed E-state index contributed by atoms with van der Waals surface area (Å²) in [5.41, 5.74) is 8.37. The lowest BCUT2D eigenvalue weighted by molar-refractivity contribution is 0.0743. The van der Waals surface area contributed by atoms with Crippen LogP contribution in [0.2, 0.25) is 0 Å².